The zero-order chi connectivity index (χ0) is 18.2. The average Bonchev–Trinajstić information content (AvgIpc) is 3.00. The van der Waals surface area contributed by atoms with Crippen molar-refractivity contribution in [3.05, 3.63) is 0 Å². The van der Waals surface area contributed by atoms with Crippen molar-refractivity contribution in [1.29, 1.82) is 0 Å². The van der Waals surface area contributed by atoms with Crippen LogP contribution in [0.15, 0.2) is 0 Å². The minimum Gasteiger partial charge on any atom is -0.100 e. The van der Waals surface area contributed by atoms with Crippen molar-refractivity contribution in [3.63, 3.8) is 0 Å². The molecular weight excluding hydrogens is 319 g/mol. The lowest BCUT2D eigenvalue weighted by atomic mass is 10.0. The molecule has 0 spiro atoms. The Bertz CT molecular complexity index is 255. The van der Waals surface area contributed by atoms with Crippen LogP contribution in [0.5, 0.6) is 0 Å². The van der Waals surface area contributed by atoms with E-state index in [0.717, 1.165) is 11.3 Å². The maximum absolute atomic E-state index is 2.34. The van der Waals surface area contributed by atoms with E-state index < -0.39 is 0 Å². The van der Waals surface area contributed by atoms with Gasteiger partial charge in [-0.25, -0.2) is 0 Å². The van der Waals surface area contributed by atoms with Gasteiger partial charge in [0.2, 0.25) is 0 Å². The molecule has 1 fully saturated rings. The quantitative estimate of drug-likeness (QED) is 0.177. The van der Waals surface area contributed by atoms with Crippen LogP contribution in [-0.4, -0.2) is 17.5 Å². The Morgan fingerprint density at radius 2 is 0.920 bits per heavy atom. The van der Waals surface area contributed by atoms with Crippen molar-refractivity contribution in [2.75, 3.05) is 6.16 Å². The summed E-state index contributed by atoms with van der Waals surface area (Å²) in [7, 11) is 0.362. The highest BCUT2D eigenvalue weighted by molar-refractivity contribution is 7.59. The molecule has 150 valence electrons. The number of unbranched alkanes of at least 4 members (excludes halogenated alkanes) is 11. The van der Waals surface area contributed by atoms with Crippen molar-refractivity contribution in [2.45, 2.75) is 148 Å². The Morgan fingerprint density at radius 3 is 1.40 bits per heavy atom. The van der Waals surface area contributed by atoms with E-state index in [1.165, 1.54) is 83.5 Å². The van der Waals surface area contributed by atoms with E-state index >= 15 is 0 Å². The first-order chi connectivity index (χ1) is 12.3. The van der Waals surface area contributed by atoms with Gasteiger partial charge < -0.3 is 0 Å². The molecule has 0 aliphatic carbocycles. The summed E-state index contributed by atoms with van der Waals surface area (Å²) in [4.78, 5) is 0. The normalized spacial score (nSPS) is 23.4. The molecule has 2 unspecified atom stereocenters. The van der Waals surface area contributed by atoms with E-state index in [0.29, 0.717) is 7.92 Å². The third-order valence-electron chi connectivity index (χ3n) is 6.32. The Balaban J connectivity index is 2.32. The van der Waals surface area contributed by atoms with E-state index in [4.69, 9.17) is 0 Å². The van der Waals surface area contributed by atoms with E-state index in [1.807, 2.05) is 0 Å². The summed E-state index contributed by atoms with van der Waals surface area (Å²) in [6.45, 7) is 7.01. The van der Waals surface area contributed by atoms with Crippen LogP contribution in [0, 0.1) is 0 Å². The van der Waals surface area contributed by atoms with Gasteiger partial charge in [-0.1, -0.05) is 104 Å². The second-order valence-electron chi connectivity index (χ2n) is 8.59. The predicted octanol–water partition coefficient (Wildman–Crippen LogP) is 9.30. The SMILES string of the molecule is CCCCCCCCP1C(CCCCCC)CCC1CCCCCC. The molecule has 0 N–H and O–H groups in total. The Morgan fingerprint density at radius 1 is 0.520 bits per heavy atom. The summed E-state index contributed by atoms with van der Waals surface area (Å²) in [5.41, 5.74) is 2.30. The van der Waals surface area contributed by atoms with Crippen LogP contribution >= 0.6 is 7.92 Å². The highest BCUT2D eigenvalue weighted by atomic mass is 31.1. The lowest BCUT2D eigenvalue weighted by Crippen LogP contribution is -2.08. The summed E-state index contributed by atoms with van der Waals surface area (Å²) in [6, 6.07) is 0. The molecule has 25 heavy (non-hydrogen) atoms. The molecule has 1 heterocycles. The van der Waals surface area contributed by atoms with Gasteiger partial charge in [0.15, 0.2) is 0 Å². The van der Waals surface area contributed by atoms with Gasteiger partial charge in [-0.05, 0) is 49.6 Å². The lowest BCUT2D eigenvalue weighted by Gasteiger charge is -2.26. The molecule has 0 saturated carbocycles. The largest absolute Gasteiger partial charge is 0.100 e. The van der Waals surface area contributed by atoms with Gasteiger partial charge >= 0.3 is 0 Å². The standard InChI is InChI=1S/C24H49P/c1-4-7-10-13-14-17-22-25-23(18-15-11-8-5-2)20-21-24(25)19-16-12-9-6-3/h23-24H,4-22H2,1-3H3. The van der Waals surface area contributed by atoms with Crippen molar-refractivity contribution >= 4 is 7.92 Å². The third kappa shape index (κ3) is 11.0. The molecule has 1 aliphatic rings. The molecule has 1 rings (SSSR count). The monoisotopic (exact) mass is 368 g/mol. The van der Waals surface area contributed by atoms with E-state index in [9.17, 15) is 0 Å². The third-order valence-corrected chi connectivity index (χ3v) is 10.1. The average molecular weight is 369 g/mol. The van der Waals surface area contributed by atoms with Gasteiger partial charge in [-0.2, -0.15) is 0 Å². The molecule has 0 aromatic heterocycles. The molecule has 1 saturated heterocycles. The van der Waals surface area contributed by atoms with Gasteiger partial charge in [-0.3, -0.25) is 0 Å². The molecule has 1 heteroatoms. The minimum atomic E-state index is 0.362. The highest BCUT2D eigenvalue weighted by Crippen LogP contribution is 2.59. The van der Waals surface area contributed by atoms with Gasteiger partial charge in [0, 0.05) is 0 Å². The van der Waals surface area contributed by atoms with Crippen LogP contribution < -0.4 is 0 Å². The molecule has 0 radical (unpaired) electrons. The molecule has 0 bridgehead atoms. The van der Waals surface area contributed by atoms with Crippen LogP contribution in [-0.2, 0) is 0 Å². The first kappa shape index (κ1) is 23.5. The Kier molecular flexibility index (Phi) is 15.6. The maximum Gasteiger partial charge on any atom is -0.0206 e. The highest BCUT2D eigenvalue weighted by Gasteiger charge is 2.33. The molecule has 1 aliphatic heterocycles. The molecule has 0 nitrogen and oxygen atoms in total. The van der Waals surface area contributed by atoms with Crippen LogP contribution in [0.4, 0.5) is 0 Å². The second kappa shape index (κ2) is 16.6. The van der Waals surface area contributed by atoms with E-state index in [1.54, 1.807) is 38.3 Å². The Labute approximate surface area is 162 Å². The summed E-state index contributed by atoms with van der Waals surface area (Å²) in [6.07, 6.45) is 28.6. The van der Waals surface area contributed by atoms with Crippen LogP contribution in [0.2, 0.25) is 0 Å². The van der Waals surface area contributed by atoms with Crippen LogP contribution in [0.3, 0.4) is 0 Å². The lowest BCUT2D eigenvalue weighted by molar-refractivity contribution is 0.580. The first-order valence-electron chi connectivity index (χ1n) is 12.1. The molecule has 0 amide bonds. The fourth-order valence-electron chi connectivity index (χ4n) is 4.69. The Hall–Kier alpha value is 0.430. The fraction of sp³-hybridized carbons (Fsp3) is 1.00. The van der Waals surface area contributed by atoms with E-state index in [2.05, 4.69) is 20.8 Å². The summed E-state index contributed by atoms with van der Waals surface area (Å²) >= 11 is 0. The summed E-state index contributed by atoms with van der Waals surface area (Å²) in [5, 5.41) is 0. The number of hydrogen-bond acceptors (Lipinski definition) is 0. The van der Waals surface area contributed by atoms with Gasteiger partial charge in [0.25, 0.3) is 0 Å². The molecule has 0 aromatic rings. The molecular formula is C24H49P. The summed E-state index contributed by atoms with van der Waals surface area (Å²) in [5.74, 6) is 0. The maximum atomic E-state index is 2.34. The van der Waals surface area contributed by atoms with Gasteiger partial charge in [-0.15, -0.1) is 7.92 Å². The van der Waals surface area contributed by atoms with Gasteiger partial charge in [0.1, 0.15) is 0 Å². The van der Waals surface area contributed by atoms with Crippen LogP contribution in [0.1, 0.15) is 136 Å². The minimum absolute atomic E-state index is 0.362. The van der Waals surface area contributed by atoms with Crippen molar-refractivity contribution in [1.82, 2.24) is 0 Å². The number of rotatable bonds is 17. The fourth-order valence-corrected chi connectivity index (χ4v) is 8.59. The van der Waals surface area contributed by atoms with Crippen LogP contribution in [0.25, 0.3) is 0 Å². The zero-order valence-corrected chi connectivity index (χ0v) is 18.9. The molecule has 2 atom stereocenters. The van der Waals surface area contributed by atoms with Crippen molar-refractivity contribution in [3.8, 4) is 0 Å². The number of hydrogen-bond donors (Lipinski definition) is 0. The van der Waals surface area contributed by atoms with Crippen molar-refractivity contribution < 1.29 is 0 Å². The van der Waals surface area contributed by atoms with Crippen molar-refractivity contribution in [2.24, 2.45) is 0 Å². The summed E-state index contributed by atoms with van der Waals surface area (Å²) < 4.78 is 0. The smallest absolute Gasteiger partial charge is 0.0206 e. The topological polar surface area (TPSA) is 0 Å². The van der Waals surface area contributed by atoms with Gasteiger partial charge in [0.05, 0.1) is 0 Å². The zero-order valence-electron chi connectivity index (χ0n) is 18.0. The van der Waals surface area contributed by atoms with E-state index in [-0.39, 0.29) is 0 Å². The predicted molar refractivity (Wildman–Crippen MR) is 119 cm³/mol. The first-order valence-corrected chi connectivity index (χ1v) is 13.8. The second-order valence-corrected chi connectivity index (χ2v) is 11.5. The molecule has 0 aromatic carbocycles.